The lowest BCUT2D eigenvalue weighted by molar-refractivity contribution is 0.155. The minimum atomic E-state index is -0.0122. The van der Waals surface area contributed by atoms with Crippen LogP contribution in [-0.2, 0) is 5.41 Å². The standard InChI is InChI=1S/C17H25N3O/c1-20(2)13-16(14-6-4-3-5-7-14)8-10-17(11-9-16)12-18-15(21)19-17/h3-7H,8-13H2,1-2H3,(H2,18,19,21). The number of amides is 2. The highest BCUT2D eigenvalue weighted by Gasteiger charge is 2.46. The van der Waals surface area contributed by atoms with Crippen LogP contribution in [0.1, 0.15) is 31.2 Å². The molecule has 114 valence electrons. The van der Waals surface area contributed by atoms with Crippen molar-refractivity contribution in [2.45, 2.75) is 36.6 Å². The van der Waals surface area contributed by atoms with Crippen molar-refractivity contribution in [3.8, 4) is 0 Å². The van der Waals surface area contributed by atoms with Crippen molar-refractivity contribution in [1.82, 2.24) is 15.5 Å². The number of carbonyl (C=O) groups is 1. The SMILES string of the molecule is CN(C)CC1(c2ccccc2)CCC2(CC1)CNC(=O)N2. The van der Waals surface area contributed by atoms with Gasteiger partial charge in [0.15, 0.2) is 0 Å². The lowest BCUT2D eigenvalue weighted by atomic mass is 9.64. The van der Waals surface area contributed by atoms with Crippen molar-refractivity contribution in [1.29, 1.82) is 0 Å². The number of urea groups is 1. The van der Waals surface area contributed by atoms with Gasteiger partial charge >= 0.3 is 6.03 Å². The van der Waals surface area contributed by atoms with Gasteiger partial charge in [0.1, 0.15) is 0 Å². The summed E-state index contributed by atoms with van der Waals surface area (Å²) in [5, 5.41) is 6.08. The summed E-state index contributed by atoms with van der Waals surface area (Å²) in [6.45, 7) is 1.84. The first-order valence-corrected chi connectivity index (χ1v) is 7.80. The van der Waals surface area contributed by atoms with E-state index in [9.17, 15) is 4.79 Å². The Kier molecular flexibility index (Phi) is 3.66. The van der Waals surface area contributed by atoms with Crippen LogP contribution in [0.3, 0.4) is 0 Å². The highest BCUT2D eigenvalue weighted by molar-refractivity contribution is 5.77. The molecule has 3 rings (SSSR count). The van der Waals surface area contributed by atoms with Crippen LogP contribution in [0, 0.1) is 0 Å². The summed E-state index contributed by atoms with van der Waals surface area (Å²) < 4.78 is 0. The average molecular weight is 287 g/mol. The molecule has 0 radical (unpaired) electrons. The molecule has 1 saturated carbocycles. The smallest absolute Gasteiger partial charge is 0.315 e. The van der Waals surface area contributed by atoms with Crippen LogP contribution < -0.4 is 10.6 Å². The van der Waals surface area contributed by atoms with Crippen molar-refractivity contribution >= 4 is 6.03 Å². The van der Waals surface area contributed by atoms with E-state index in [1.807, 2.05) is 0 Å². The number of benzene rings is 1. The summed E-state index contributed by atoms with van der Waals surface area (Å²) in [5.41, 5.74) is 1.64. The van der Waals surface area contributed by atoms with Gasteiger partial charge in [-0.25, -0.2) is 4.79 Å². The molecule has 2 aliphatic rings. The third kappa shape index (κ3) is 2.77. The molecule has 1 heterocycles. The predicted octanol–water partition coefficient (Wildman–Crippen LogP) is 2.11. The Hall–Kier alpha value is -1.55. The Bertz CT molecular complexity index is 504. The molecule has 2 amide bonds. The number of nitrogens with zero attached hydrogens (tertiary/aromatic N) is 1. The molecule has 4 nitrogen and oxygen atoms in total. The zero-order valence-electron chi connectivity index (χ0n) is 13.0. The van der Waals surface area contributed by atoms with Crippen LogP contribution in [-0.4, -0.2) is 43.7 Å². The van der Waals surface area contributed by atoms with Gasteiger partial charge in [0.2, 0.25) is 0 Å². The molecule has 2 N–H and O–H groups in total. The lowest BCUT2D eigenvalue weighted by Crippen LogP contribution is -2.52. The Balaban J connectivity index is 1.82. The number of likely N-dealkylation sites (N-methyl/N-ethyl adjacent to an activating group) is 1. The van der Waals surface area contributed by atoms with E-state index in [0.29, 0.717) is 0 Å². The molecule has 2 fully saturated rings. The molecule has 1 aromatic rings. The molecule has 1 aliphatic carbocycles. The van der Waals surface area contributed by atoms with Crippen molar-refractivity contribution in [2.75, 3.05) is 27.2 Å². The summed E-state index contributed by atoms with van der Waals surface area (Å²) in [6, 6.07) is 10.9. The van der Waals surface area contributed by atoms with Gasteiger partial charge in [-0.05, 0) is 45.3 Å². The summed E-state index contributed by atoms with van der Waals surface area (Å²) in [6.07, 6.45) is 4.34. The Labute approximate surface area is 126 Å². The molecule has 1 aromatic carbocycles. The topological polar surface area (TPSA) is 44.4 Å². The fourth-order valence-electron chi connectivity index (χ4n) is 4.02. The van der Waals surface area contributed by atoms with E-state index in [-0.39, 0.29) is 17.0 Å². The number of nitrogens with one attached hydrogen (secondary N) is 2. The van der Waals surface area contributed by atoms with E-state index in [1.54, 1.807) is 0 Å². The second-order valence-corrected chi connectivity index (χ2v) is 6.97. The second kappa shape index (κ2) is 5.34. The van der Waals surface area contributed by atoms with Crippen LogP contribution in [0.2, 0.25) is 0 Å². The monoisotopic (exact) mass is 287 g/mol. The lowest BCUT2D eigenvalue weighted by Gasteiger charge is -2.46. The van der Waals surface area contributed by atoms with Crippen LogP contribution in [0.25, 0.3) is 0 Å². The van der Waals surface area contributed by atoms with Gasteiger partial charge in [-0.3, -0.25) is 0 Å². The first-order chi connectivity index (χ1) is 10.0. The first-order valence-electron chi connectivity index (χ1n) is 7.80. The first kappa shape index (κ1) is 14.4. The fraction of sp³-hybridized carbons (Fsp3) is 0.588. The summed E-state index contributed by atoms with van der Waals surface area (Å²) in [5.74, 6) is 0. The predicted molar refractivity (Wildman–Crippen MR) is 84.4 cm³/mol. The highest BCUT2D eigenvalue weighted by atomic mass is 16.2. The quantitative estimate of drug-likeness (QED) is 0.894. The van der Waals surface area contributed by atoms with Crippen LogP contribution in [0.15, 0.2) is 30.3 Å². The van der Waals surface area contributed by atoms with Crippen molar-refractivity contribution in [2.24, 2.45) is 0 Å². The van der Waals surface area contributed by atoms with Crippen molar-refractivity contribution in [3.05, 3.63) is 35.9 Å². The third-order valence-corrected chi connectivity index (χ3v) is 5.14. The van der Waals surface area contributed by atoms with E-state index in [0.717, 1.165) is 38.8 Å². The fourth-order valence-corrected chi connectivity index (χ4v) is 4.02. The number of hydrogen-bond donors (Lipinski definition) is 2. The molecule has 0 aromatic heterocycles. The zero-order chi connectivity index (χ0) is 14.9. The molecule has 0 unspecified atom stereocenters. The van der Waals surface area contributed by atoms with Crippen LogP contribution in [0.5, 0.6) is 0 Å². The number of rotatable bonds is 3. The van der Waals surface area contributed by atoms with Gasteiger partial charge < -0.3 is 15.5 Å². The molecular formula is C17H25N3O. The van der Waals surface area contributed by atoms with E-state index in [4.69, 9.17) is 0 Å². The van der Waals surface area contributed by atoms with E-state index < -0.39 is 0 Å². The number of hydrogen-bond acceptors (Lipinski definition) is 2. The van der Waals surface area contributed by atoms with Gasteiger partial charge in [0.05, 0.1) is 5.54 Å². The second-order valence-electron chi connectivity index (χ2n) is 6.97. The summed E-state index contributed by atoms with van der Waals surface area (Å²) in [4.78, 5) is 13.8. The Morgan fingerprint density at radius 2 is 1.76 bits per heavy atom. The zero-order valence-corrected chi connectivity index (χ0v) is 13.0. The minimum Gasteiger partial charge on any atom is -0.336 e. The van der Waals surface area contributed by atoms with Gasteiger partial charge in [0.25, 0.3) is 0 Å². The molecule has 21 heavy (non-hydrogen) atoms. The molecular weight excluding hydrogens is 262 g/mol. The minimum absolute atomic E-state index is 0.00480. The van der Waals surface area contributed by atoms with Gasteiger partial charge in [-0.1, -0.05) is 30.3 Å². The number of carbonyl (C=O) groups excluding carboxylic acids is 1. The van der Waals surface area contributed by atoms with Crippen LogP contribution >= 0.6 is 0 Å². The Morgan fingerprint density at radius 3 is 2.29 bits per heavy atom. The van der Waals surface area contributed by atoms with Crippen LogP contribution in [0.4, 0.5) is 4.79 Å². The average Bonchev–Trinajstić information content (AvgIpc) is 2.84. The third-order valence-electron chi connectivity index (χ3n) is 5.14. The van der Waals surface area contributed by atoms with Gasteiger partial charge in [0, 0.05) is 18.5 Å². The van der Waals surface area contributed by atoms with E-state index in [1.165, 1.54) is 5.56 Å². The highest BCUT2D eigenvalue weighted by Crippen LogP contribution is 2.44. The van der Waals surface area contributed by atoms with Crippen molar-refractivity contribution in [3.63, 3.8) is 0 Å². The molecule has 1 spiro atoms. The maximum Gasteiger partial charge on any atom is 0.315 e. The van der Waals surface area contributed by atoms with Crippen molar-refractivity contribution < 1.29 is 4.79 Å². The molecule has 0 atom stereocenters. The maximum atomic E-state index is 11.5. The van der Waals surface area contributed by atoms with Gasteiger partial charge in [-0.2, -0.15) is 0 Å². The molecule has 4 heteroatoms. The summed E-state index contributed by atoms with van der Waals surface area (Å²) in [7, 11) is 4.29. The molecule has 1 aliphatic heterocycles. The summed E-state index contributed by atoms with van der Waals surface area (Å²) >= 11 is 0. The Morgan fingerprint density at radius 1 is 1.10 bits per heavy atom. The van der Waals surface area contributed by atoms with E-state index in [2.05, 4.69) is 60.0 Å². The molecule has 0 bridgehead atoms. The van der Waals surface area contributed by atoms with Gasteiger partial charge in [-0.15, -0.1) is 0 Å². The maximum absolute atomic E-state index is 11.5. The largest absolute Gasteiger partial charge is 0.336 e. The normalized spacial score (nSPS) is 32.2. The van der Waals surface area contributed by atoms with E-state index >= 15 is 0 Å². The molecule has 1 saturated heterocycles.